The van der Waals surface area contributed by atoms with Gasteiger partial charge in [0.25, 0.3) is 0 Å². The Labute approximate surface area is 156 Å². The molecule has 0 unspecified atom stereocenters. The highest BCUT2D eigenvalue weighted by Gasteiger charge is 2.13. The molecule has 2 aromatic rings. The number of carbonyl (C=O) groups excluding carboxylic acids is 2. The van der Waals surface area contributed by atoms with Crippen molar-refractivity contribution in [3.63, 3.8) is 0 Å². The number of thioether (sulfide) groups is 1. The first-order valence-electron chi connectivity index (χ1n) is 7.82. The molecule has 0 bridgehead atoms. The molecule has 5 nitrogen and oxygen atoms in total. The molecule has 2 rings (SSSR count). The van der Waals surface area contributed by atoms with Gasteiger partial charge in [-0.2, -0.15) is 0 Å². The predicted molar refractivity (Wildman–Crippen MR) is 102 cm³/mol. The van der Waals surface area contributed by atoms with E-state index in [1.807, 2.05) is 12.1 Å². The smallest absolute Gasteiger partial charge is 0.311 e. The van der Waals surface area contributed by atoms with Gasteiger partial charge >= 0.3 is 5.97 Å². The van der Waals surface area contributed by atoms with Crippen LogP contribution in [0.4, 0.5) is 5.13 Å². The second-order valence-corrected chi connectivity index (χ2v) is 8.41. The maximum atomic E-state index is 12.0. The lowest BCUT2D eigenvalue weighted by Crippen LogP contribution is -2.14. The number of hydrogen-bond acceptors (Lipinski definition) is 6. The van der Waals surface area contributed by atoms with Gasteiger partial charge in [-0.15, -0.1) is 23.1 Å². The minimum atomic E-state index is -0.350. The summed E-state index contributed by atoms with van der Waals surface area (Å²) in [5.74, 6) is -0.165. The summed E-state index contributed by atoms with van der Waals surface area (Å²) in [6, 6.07) is 8.27. The van der Waals surface area contributed by atoms with Gasteiger partial charge in [0.05, 0.1) is 25.0 Å². The van der Waals surface area contributed by atoms with Crippen LogP contribution in [0, 0.1) is 0 Å². The Balaban J connectivity index is 1.83. The molecule has 1 aromatic carbocycles. The first-order valence-corrected chi connectivity index (χ1v) is 9.69. The summed E-state index contributed by atoms with van der Waals surface area (Å²) in [7, 11) is 1.34. The normalized spacial score (nSPS) is 11.2. The molecule has 1 aromatic heterocycles. The molecule has 7 heteroatoms. The summed E-state index contributed by atoms with van der Waals surface area (Å²) < 4.78 is 4.60. The van der Waals surface area contributed by atoms with Crippen molar-refractivity contribution >= 4 is 40.1 Å². The Kier molecular flexibility index (Phi) is 6.61. The lowest BCUT2D eigenvalue weighted by Gasteiger charge is -2.19. The Bertz CT molecular complexity index is 734. The molecule has 1 heterocycles. The van der Waals surface area contributed by atoms with Crippen LogP contribution in [0.1, 0.15) is 32.0 Å². The minimum absolute atomic E-state index is 0.109. The van der Waals surface area contributed by atoms with Crippen molar-refractivity contribution in [2.45, 2.75) is 37.5 Å². The highest BCUT2D eigenvalue weighted by molar-refractivity contribution is 8.00. The van der Waals surface area contributed by atoms with Crippen LogP contribution in [0.2, 0.25) is 0 Å². The lowest BCUT2D eigenvalue weighted by molar-refractivity contribution is -0.139. The number of esters is 1. The first kappa shape index (κ1) is 19.5. The Hall–Kier alpha value is -1.86. The van der Waals surface area contributed by atoms with Crippen LogP contribution >= 0.6 is 23.1 Å². The number of anilines is 1. The van der Waals surface area contributed by atoms with E-state index in [2.05, 4.69) is 47.9 Å². The molecular weight excluding hydrogens is 356 g/mol. The van der Waals surface area contributed by atoms with Gasteiger partial charge in [0.15, 0.2) is 5.13 Å². The van der Waals surface area contributed by atoms with Crippen LogP contribution in [0.5, 0.6) is 0 Å². The van der Waals surface area contributed by atoms with E-state index in [9.17, 15) is 9.59 Å². The number of nitrogens with one attached hydrogen (secondary N) is 1. The number of ether oxygens (including phenoxy) is 1. The third-order valence-electron chi connectivity index (χ3n) is 3.44. The fourth-order valence-electron chi connectivity index (χ4n) is 2.02. The van der Waals surface area contributed by atoms with Gasteiger partial charge in [-0.3, -0.25) is 9.59 Å². The molecule has 134 valence electrons. The van der Waals surface area contributed by atoms with Crippen molar-refractivity contribution < 1.29 is 14.3 Å². The van der Waals surface area contributed by atoms with Gasteiger partial charge in [-0.1, -0.05) is 32.9 Å². The summed E-state index contributed by atoms with van der Waals surface area (Å²) in [6.45, 7) is 6.52. The third-order valence-corrected chi connectivity index (χ3v) is 5.26. The fraction of sp³-hybridized carbons (Fsp3) is 0.389. The first-order chi connectivity index (χ1) is 11.8. The van der Waals surface area contributed by atoms with Gasteiger partial charge in [0.2, 0.25) is 5.91 Å². The third kappa shape index (κ3) is 6.17. The molecule has 0 saturated carbocycles. The second kappa shape index (κ2) is 8.49. The Morgan fingerprint density at radius 3 is 2.52 bits per heavy atom. The van der Waals surface area contributed by atoms with E-state index < -0.39 is 0 Å². The standard InChI is InChI=1S/C18H22N2O3S2/c1-18(2,3)12-5-7-14(8-6-12)24-11-15(21)20-17-19-13(10-25-17)9-16(22)23-4/h5-8,10H,9,11H2,1-4H3,(H,19,20,21). The minimum Gasteiger partial charge on any atom is -0.469 e. The SMILES string of the molecule is COC(=O)Cc1csc(NC(=O)CSc2ccc(C(C)(C)C)cc2)n1. The number of thiazole rings is 1. The van der Waals surface area contributed by atoms with E-state index in [0.29, 0.717) is 16.6 Å². The van der Waals surface area contributed by atoms with Gasteiger partial charge in [-0.25, -0.2) is 4.98 Å². The molecule has 0 fully saturated rings. The molecule has 0 radical (unpaired) electrons. The lowest BCUT2D eigenvalue weighted by atomic mass is 9.87. The van der Waals surface area contributed by atoms with Gasteiger partial charge < -0.3 is 10.1 Å². The molecule has 0 spiro atoms. The number of amides is 1. The Morgan fingerprint density at radius 1 is 1.24 bits per heavy atom. The maximum Gasteiger partial charge on any atom is 0.311 e. The molecule has 0 aliphatic rings. The molecule has 0 atom stereocenters. The quantitative estimate of drug-likeness (QED) is 0.610. The molecule has 1 amide bonds. The number of rotatable bonds is 6. The number of aromatic nitrogens is 1. The van der Waals surface area contributed by atoms with Crippen LogP contribution in [0.3, 0.4) is 0 Å². The topological polar surface area (TPSA) is 68.3 Å². The van der Waals surface area contributed by atoms with Crippen LogP contribution < -0.4 is 5.32 Å². The van der Waals surface area contributed by atoms with E-state index >= 15 is 0 Å². The number of methoxy groups -OCH3 is 1. The van der Waals surface area contributed by atoms with Gasteiger partial charge in [0.1, 0.15) is 0 Å². The monoisotopic (exact) mass is 378 g/mol. The van der Waals surface area contributed by atoms with E-state index in [4.69, 9.17) is 0 Å². The average molecular weight is 379 g/mol. The number of hydrogen-bond donors (Lipinski definition) is 1. The van der Waals surface area contributed by atoms with Crippen molar-refractivity contribution in [3.8, 4) is 0 Å². The average Bonchev–Trinajstić information content (AvgIpc) is 2.99. The Morgan fingerprint density at radius 2 is 1.92 bits per heavy atom. The largest absolute Gasteiger partial charge is 0.469 e. The molecule has 1 N–H and O–H groups in total. The molecule has 25 heavy (non-hydrogen) atoms. The highest BCUT2D eigenvalue weighted by atomic mass is 32.2. The molecule has 0 aliphatic heterocycles. The predicted octanol–water partition coefficient (Wildman–Crippen LogP) is 3.89. The number of nitrogens with zero attached hydrogens (tertiary/aromatic N) is 1. The maximum absolute atomic E-state index is 12.0. The summed E-state index contributed by atoms with van der Waals surface area (Å²) in [4.78, 5) is 28.5. The van der Waals surface area contributed by atoms with Crippen molar-refractivity contribution in [2.24, 2.45) is 0 Å². The summed E-state index contributed by atoms with van der Waals surface area (Å²) in [5, 5.41) is 4.99. The highest BCUT2D eigenvalue weighted by Crippen LogP contribution is 2.26. The molecule has 0 aliphatic carbocycles. The summed E-state index contributed by atoms with van der Waals surface area (Å²) in [5.41, 5.74) is 1.98. The van der Waals surface area contributed by atoms with Crippen LogP contribution in [0.15, 0.2) is 34.5 Å². The zero-order valence-electron chi connectivity index (χ0n) is 14.8. The molecule has 0 saturated heterocycles. The zero-order valence-corrected chi connectivity index (χ0v) is 16.4. The summed E-state index contributed by atoms with van der Waals surface area (Å²) in [6.07, 6.45) is 0.109. The van der Waals surface area contributed by atoms with Gasteiger partial charge in [-0.05, 0) is 23.1 Å². The number of benzene rings is 1. The van der Waals surface area contributed by atoms with Crippen molar-refractivity contribution in [1.82, 2.24) is 4.98 Å². The van der Waals surface area contributed by atoms with Gasteiger partial charge in [0, 0.05) is 10.3 Å². The second-order valence-electron chi connectivity index (χ2n) is 6.51. The van der Waals surface area contributed by atoms with Crippen LogP contribution in [0.25, 0.3) is 0 Å². The van der Waals surface area contributed by atoms with Crippen molar-refractivity contribution in [2.75, 3.05) is 18.2 Å². The number of carbonyl (C=O) groups is 2. The van der Waals surface area contributed by atoms with E-state index in [0.717, 1.165) is 4.90 Å². The fourth-order valence-corrected chi connectivity index (χ4v) is 3.45. The summed E-state index contributed by atoms with van der Waals surface area (Å²) >= 11 is 2.78. The van der Waals surface area contributed by atoms with Crippen LogP contribution in [-0.4, -0.2) is 29.7 Å². The van der Waals surface area contributed by atoms with E-state index in [1.54, 1.807) is 5.38 Å². The van der Waals surface area contributed by atoms with E-state index in [1.165, 1.54) is 35.8 Å². The zero-order chi connectivity index (χ0) is 18.4. The van der Waals surface area contributed by atoms with Crippen LogP contribution in [-0.2, 0) is 26.2 Å². The van der Waals surface area contributed by atoms with E-state index in [-0.39, 0.29) is 23.7 Å². The van der Waals surface area contributed by atoms with Crippen molar-refractivity contribution in [3.05, 3.63) is 40.9 Å². The molecular formula is C18H22N2O3S2. The van der Waals surface area contributed by atoms with Crippen molar-refractivity contribution in [1.29, 1.82) is 0 Å².